The standard InChI is InChI=1S/C62H113N11O11/c1-25-27-28-41(15)53(75)52-57(79)65-44(26-2)58(80)68(19)34-49(74)69(20)45(29-35(3)4)56(78)66-50(39(11)12)61(83)70(21)46(30-36(5)6)55(77)64-43(17)54(76)63-42(16)33-67(18)47(31-37(7)8)59(81)71(22)48(32-38(9)10)60(82)72(23)51(40(13)14)62(84)73(52)24/h25,27,35-48,50-53,75H,26,28-34H2,1-24H3,(H,63,76)(H,64,77)(H,65,79)(H,66,78)/b27-25+/t41-,42-,43+,44+,45+,46+,47+,48+,50+,51+,52+,53-/m1/s1. The van der Waals surface area contributed by atoms with Gasteiger partial charge in [-0.2, -0.15) is 0 Å². The summed E-state index contributed by atoms with van der Waals surface area (Å²) in [6.45, 7) is 30.6. The molecule has 482 valence electrons. The molecule has 0 unspecified atom stereocenters. The predicted octanol–water partition coefficient (Wildman–Crippen LogP) is 3.74. The lowest BCUT2D eigenvalue weighted by Gasteiger charge is -2.41. The van der Waals surface area contributed by atoms with Crippen LogP contribution >= 0.6 is 0 Å². The molecule has 22 nitrogen and oxygen atoms in total. The number of carbonyl (C=O) groups excluding carboxylic acids is 10. The summed E-state index contributed by atoms with van der Waals surface area (Å²) in [4.78, 5) is 155. The molecule has 0 aliphatic carbocycles. The number of carbonyl (C=O) groups is 10. The molecule has 0 aromatic carbocycles. The molecule has 22 heteroatoms. The first-order valence-electron chi connectivity index (χ1n) is 30.6. The average molecular weight is 1190 g/mol. The van der Waals surface area contributed by atoms with Crippen molar-refractivity contribution in [2.75, 3.05) is 62.4 Å². The molecule has 5 N–H and O–H groups in total. The van der Waals surface area contributed by atoms with Crippen molar-refractivity contribution in [3.05, 3.63) is 12.2 Å². The molecule has 12 atom stereocenters. The van der Waals surface area contributed by atoms with E-state index in [2.05, 4.69) is 21.3 Å². The number of likely N-dealkylation sites (N-methyl/N-ethyl adjacent to an activating group) is 7. The largest absolute Gasteiger partial charge is 0.390 e. The molecule has 1 aliphatic heterocycles. The van der Waals surface area contributed by atoms with E-state index in [1.165, 1.54) is 61.8 Å². The van der Waals surface area contributed by atoms with Crippen LogP contribution in [0, 0.1) is 41.4 Å². The second kappa shape index (κ2) is 35.1. The van der Waals surface area contributed by atoms with Gasteiger partial charge in [-0.1, -0.05) is 109 Å². The minimum Gasteiger partial charge on any atom is -0.390 e. The van der Waals surface area contributed by atoms with Gasteiger partial charge < -0.3 is 55.8 Å². The van der Waals surface area contributed by atoms with Crippen molar-refractivity contribution >= 4 is 59.1 Å². The second-order valence-electron chi connectivity index (χ2n) is 26.3. The Balaban J connectivity index is 4.27. The Bertz CT molecular complexity index is 2240. The van der Waals surface area contributed by atoms with E-state index in [4.69, 9.17) is 0 Å². The van der Waals surface area contributed by atoms with Gasteiger partial charge in [0.05, 0.1) is 18.7 Å². The summed E-state index contributed by atoms with van der Waals surface area (Å²) in [5.41, 5.74) is 0. The maximum atomic E-state index is 15.1. The maximum Gasteiger partial charge on any atom is 0.246 e. The van der Waals surface area contributed by atoms with E-state index in [0.29, 0.717) is 12.8 Å². The van der Waals surface area contributed by atoms with E-state index >= 15 is 9.59 Å². The van der Waals surface area contributed by atoms with Crippen LogP contribution in [0.4, 0.5) is 0 Å². The number of allylic oxidation sites excluding steroid dienone is 2. The minimum absolute atomic E-state index is 0.0213. The Morgan fingerprint density at radius 2 is 0.952 bits per heavy atom. The first kappa shape index (κ1) is 76.4. The third-order valence-electron chi connectivity index (χ3n) is 16.0. The van der Waals surface area contributed by atoms with E-state index in [-0.39, 0.29) is 61.8 Å². The zero-order valence-corrected chi connectivity index (χ0v) is 55.9. The second-order valence-corrected chi connectivity index (χ2v) is 26.3. The van der Waals surface area contributed by atoms with E-state index in [1.807, 2.05) is 73.3 Å². The molecule has 0 saturated carbocycles. The Kier molecular flexibility index (Phi) is 31.9. The minimum atomic E-state index is -1.58. The summed E-state index contributed by atoms with van der Waals surface area (Å²) in [6, 6.07) is -10.7. The normalized spacial score (nSPS) is 27.3. The lowest BCUT2D eigenvalue weighted by molar-refractivity contribution is -0.157. The predicted molar refractivity (Wildman–Crippen MR) is 328 cm³/mol. The van der Waals surface area contributed by atoms with E-state index < -0.39 is 144 Å². The Labute approximate surface area is 504 Å². The van der Waals surface area contributed by atoms with Crippen LogP contribution in [0.15, 0.2) is 12.2 Å². The van der Waals surface area contributed by atoms with Crippen LogP contribution in [0.5, 0.6) is 0 Å². The van der Waals surface area contributed by atoms with Crippen molar-refractivity contribution < 1.29 is 53.1 Å². The van der Waals surface area contributed by atoms with Crippen molar-refractivity contribution in [2.45, 2.75) is 223 Å². The molecule has 0 radical (unpaired) electrons. The highest BCUT2D eigenvalue weighted by Gasteiger charge is 2.45. The zero-order valence-electron chi connectivity index (χ0n) is 55.9. The fourth-order valence-electron chi connectivity index (χ4n) is 10.8. The van der Waals surface area contributed by atoms with Crippen molar-refractivity contribution in [2.24, 2.45) is 41.4 Å². The Hall–Kier alpha value is -5.64. The number of nitrogens with one attached hydrogen (secondary N) is 4. The van der Waals surface area contributed by atoms with Crippen LogP contribution in [-0.2, 0) is 47.9 Å². The first-order chi connectivity index (χ1) is 38.8. The van der Waals surface area contributed by atoms with Crippen LogP contribution < -0.4 is 21.3 Å². The van der Waals surface area contributed by atoms with Crippen molar-refractivity contribution in [3.63, 3.8) is 0 Å². The van der Waals surface area contributed by atoms with Gasteiger partial charge in [0.15, 0.2) is 0 Å². The number of aliphatic hydroxyl groups excluding tert-OH is 1. The van der Waals surface area contributed by atoms with Crippen LogP contribution in [0.2, 0.25) is 0 Å². The molecule has 0 spiro atoms. The van der Waals surface area contributed by atoms with Gasteiger partial charge in [0.25, 0.3) is 0 Å². The van der Waals surface area contributed by atoms with Gasteiger partial charge in [0.2, 0.25) is 59.1 Å². The summed E-state index contributed by atoms with van der Waals surface area (Å²) in [6.07, 6.45) is 3.55. The smallest absolute Gasteiger partial charge is 0.246 e. The molecule has 10 amide bonds. The summed E-state index contributed by atoms with van der Waals surface area (Å²) >= 11 is 0. The molecular formula is C62H113N11O11. The number of amides is 10. The van der Waals surface area contributed by atoms with Gasteiger partial charge >= 0.3 is 0 Å². The average Bonchev–Trinajstić information content (AvgIpc) is 2.72. The van der Waals surface area contributed by atoms with Gasteiger partial charge in [-0.25, -0.2) is 0 Å². The lowest BCUT2D eigenvalue weighted by Crippen LogP contribution is -2.63. The molecule has 1 rings (SSSR count). The molecular weight excluding hydrogens is 1070 g/mol. The van der Waals surface area contributed by atoms with E-state index in [0.717, 1.165) is 9.80 Å². The van der Waals surface area contributed by atoms with E-state index in [9.17, 15) is 43.5 Å². The highest BCUT2D eigenvalue weighted by molar-refractivity contribution is 5.98. The lowest BCUT2D eigenvalue weighted by atomic mass is 9.91. The first-order valence-corrected chi connectivity index (χ1v) is 30.6. The van der Waals surface area contributed by atoms with Gasteiger partial charge in [-0.05, 0) is 108 Å². The monoisotopic (exact) mass is 1190 g/mol. The van der Waals surface area contributed by atoms with Crippen LogP contribution in [0.3, 0.4) is 0 Å². The maximum absolute atomic E-state index is 15.1. The van der Waals surface area contributed by atoms with Gasteiger partial charge in [-0.3, -0.25) is 52.8 Å². The van der Waals surface area contributed by atoms with Gasteiger partial charge in [0, 0.05) is 54.9 Å². The highest BCUT2D eigenvalue weighted by Crippen LogP contribution is 2.25. The summed E-state index contributed by atoms with van der Waals surface area (Å²) < 4.78 is 0. The number of hydrogen-bond donors (Lipinski definition) is 5. The quantitative estimate of drug-likeness (QED) is 0.147. The third kappa shape index (κ3) is 22.0. The number of aliphatic hydroxyl groups is 1. The number of rotatable bonds is 15. The van der Waals surface area contributed by atoms with Crippen molar-refractivity contribution in [3.8, 4) is 0 Å². The molecule has 1 fully saturated rings. The molecule has 1 heterocycles. The highest BCUT2D eigenvalue weighted by atomic mass is 16.3. The van der Waals surface area contributed by atoms with Gasteiger partial charge in [0.1, 0.15) is 48.3 Å². The van der Waals surface area contributed by atoms with Crippen molar-refractivity contribution in [1.82, 2.24) is 55.6 Å². The summed E-state index contributed by atoms with van der Waals surface area (Å²) in [5.74, 6) is -7.84. The third-order valence-corrected chi connectivity index (χ3v) is 16.0. The van der Waals surface area contributed by atoms with E-state index in [1.54, 1.807) is 68.6 Å². The Morgan fingerprint density at radius 1 is 0.500 bits per heavy atom. The fraction of sp³-hybridized carbons (Fsp3) is 0.806. The van der Waals surface area contributed by atoms with Crippen LogP contribution in [0.1, 0.15) is 156 Å². The molecule has 0 bridgehead atoms. The SMILES string of the molecule is C/C=C/C[C@@H](C)[C@@H](O)[C@H]1C(=O)N[C@@H](CC)C(=O)N(C)CC(=O)N(C)[C@@H](CC(C)C)C(=O)N[C@@H](C(C)C)C(=O)N(C)[C@@H](CC(C)C)C(=O)N[C@@H](C)C(=O)N[C@H](C)CN(C)[C@@H](CC(C)C)C(=O)N(C)[C@@H](CC(C)C)C(=O)N(C)[C@@H](C(C)C)C(=O)N1C. The molecule has 84 heavy (non-hydrogen) atoms. The molecule has 1 aliphatic rings. The Morgan fingerprint density at radius 3 is 1.43 bits per heavy atom. The fourth-order valence-corrected chi connectivity index (χ4v) is 10.8. The van der Waals surface area contributed by atoms with Crippen molar-refractivity contribution in [1.29, 1.82) is 0 Å². The summed E-state index contributed by atoms with van der Waals surface area (Å²) in [7, 11) is 10.5. The molecule has 1 saturated heterocycles. The summed E-state index contributed by atoms with van der Waals surface area (Å²) in [5, 5.41) is 23.5. The number of hydrogen-bond acceptors (Lipinski definition) is 12. The van der Waals surface area contributed by atoms with Gasteiger partial charge in [-0.15, -0.1) is 0 Å². The zero-order chi connectivity index (χ0) is 65.1. The molecule has 0 aromatic heterocycles. The van der Waals surface area contributed by atoms with Crippen LogP contribution in [0.25, 0.3) is 0 Å². The topological polar surface area (TPSA) is 262 Å². The van der Waals surface area contributed by atoms with Crippen LogP contribution in [-0.4, -0.2) is 227 Å². The molecule has 0 aromatic rings. The number of nitrogens with zero attached hydrogens (tertiary/aromatic N) is 7.